The lowest BCUT2D eigenvalue weighted by Gasteiger charge is -2.14. The van der Waals surface area contributed by atoms with Crippen LogP contribution in [0.2, 0.25) is 0 Å². The predicted octanol–water partition coefficient (Wildman–Crippen LogP) is 4.50. The lowest BCUT2D eigenvalue weighted by molar-refractivity contribution is -0.782. The number of unbranched alkanes of at least 4 members (excludes halogenated alkanes) is 6. The zero-order valence-electron chi connectivity index (χ0n) is 14.2. The Morgan fingerprint density at radius 1 is 0.833 bits per heavy atom. The molecule has 1 aromatic carbocycles. The fraction of sp³-hybridized carbons (Fsp3) is 0.647. The number of benzene rings is 1. The van der Waals surface area contributed by atoms with E-state index >= 15 is 0 Å². The molecule has 2 rings (SSSR count). The maximum absolute atomic E-state index is 5.14. The Balaban J connectivity index is 1.87. The van der Waals surface area contributed by atoms with Gasteiger partial charge in [-0.1, -0.05) is 57.6 Å². The molecular weight excluding hydrogens is 316 g/mol. The van der Waals surface area contributed by atoms with Gasteiger partial charge in [-0.05, 0) is 41.0 Å². The van der Waals surface area contributed by atoms with Crippen LogP contribution < -0.4 is 4.89 Å². The van der Waals surface area contributed by atoms with Crippen LogP contribution in [0.3, 0.4) is 0 Å². The van der Waals surface area contributed by atoms with Crippen LogP contribution in [0.25, 0.3) is 0 Å². The summed E-state index contributed by atoms with van der Waals surface area (Å²) in [6, 6.07) is 5.76. The second-order valence-electron chi connectivity index (χ2n) is 5.76. The van der Waals surface area contributed by atoms with Crippen LogP contribution in [0.15, 0.2) is 18.2 Å². The summed E-state index contributed by atoms with van der Waals surface area (Å²) in [5.74, 6) is 0.601. The van der Waals surface area contributed by atoms with E-state index in [1.165, 1.54) is 38.5 Å². The summed E-state index contributed by atoms with van der Waals surface area (Å²) >= 11 is 0. The van der Waals surface area contributed by atoms with Crippen molar-refractivity contribution in [3.63, 3.8) is 0 Å². The van der Waals surface area contributed by atoms with Crippen molar-refractivity contribution in [2.24, 2.45) is 0 Å². The van der Waals surface area contributed by atoms with Crippen molar-refractivity contribution in [1.82, 2.24) is 0 Å². The van der Waals surface area contributed by atoms with Crippen molar-refractivity contribution in [2.75, 3.05) is 6.61 Å². The molecule has 0 amide bonds. The second-order valence-corrected chi connectivity index (χ2v) is 5.76. The lowest BCUT2D eigenvalue weighted by atomic mass is 9.97. The Morgan fingerprint density at radius 2 is 1.58 bits per heavy atom. The summed E-state index contributed by atoms with van der Waals surface area (Å²) in [6.45, 7) is 2.55. The van der Waals surface area contributed by atoms with Gasteiger partial charge in [-0.25, -0.2) is 4.89 Å². The van der Waals surface area contributed by atoms with Crippen molar-refractivity contribution in [1.29, 1.82) is 0 Å². The molecule has 1 aliphatic rings. The van der Waals surface area contributed by atoms with Crippen molar-refractivity contribution in [3.05, 3.63) is 29.3 Å². The average Bonchev–Trinajstić information content (AvgIpc) is 2.60. The molecule has 0 spiro atoms. The molecule has 2 bridgehead atoms. The first-order chi connectivity index (χ1) is 11.9. The molecule has 1 aromatic rings. The third-order valence-corrected chi connectivity index (χ3v) is 4.00. The van der Waals surface area contributed by atoms with E-state index in [2.05, 4.69) is 32.1 Å². The molecule has 0 saturated heterocycles. The van der Waals surface area contributed by atoms with Gasteiger partial charge in [0.1, 0.15) is 0 Å². The zero-order valence-corrected chi connectivity index (χ0v) is 14.2. The van der Waals surface area contributed by atoms with Crippen LogP contribution in [0.4, 0.5) is 0 Å². The quantitative estimate of drug-likeness (QED) is 0.509. The van der Waals surface area contributed by atoms with E-state index in [0.717, 1.165) is 24.0 Å². The van der Waals surface area contributed by atoms with Crippen LogP contribution in [-0.2, 0) is 42.9 Å². The number of hydrogen-bond donors (Lipinski definition) is 0. The maximum atomic E-state index is 5.14. The van der Waals surface area contributed by atoms with E-state index in [-0.39, 0.29) is 0 Å². The highest BCUT2D eigenvalue weighted by atomic mass is 17.9. The van der Waals surface area contributed by atoms with Crippen LogP contribution in [0, 0.1) is 0 Å². The van der Waals surface area contributed by atoms with Gasteiger partial charge in [-0.15, -0.1) is 0 Å². The van der Waals surface area contributed by atoms with Gasteiger partial charge in [0.25, 0.3) is 0 Å². The third-order valence-electron chi connectivity index (χ3n) is 4.00. The molecule has 7 heteroatoms. The van der Waals surface area contributed by atoms with Gasteiger partial charge in [0.05, 0.1) is 6.61 Å². The van der Waals surface area contributed by atoms with Gasteiger partial charge in [0.2, 0.25) is 0 Å². The summed E-state index contributed by atoms with van der Waals surface area (Å²) in [7, 11) is 0. The van der Waals surface area contributed by atoms with E-state index in [0.29, 0.717) is 18.8 Å². The average molecular weight is 342 g/mol. The molecule has 1 heterocycles. The molecule has 7 nitrogen and oxygen atoms in total. The molecular formula is C17H26O7. The molecule has 1 aliphatic heterocycles. The maximum Gasteiger partial charge on any atom is 0.172 e. The Morgan fingerprint density at radius 3 is 2.46 bits per heavy atom. The minimum Gasteiger partial charge on any atom is -0.306 e. The smallest absolute Gasteiger partial charge is 0.172 e. The fourth-order valence-electron chi connectivity index (χ4n) is 2.76. The largest absolute Gasteiger partial charge is 0.306 e. The Labute approximate surface area is 142 Å². The SMILES string of the molecule is CCCCCCCCCc1c2cccc1OOOOOOOCC2. The zero-order chi connectivity index (χ0) is 16.9. The Bertz CT molecular complexity index is 424. The molecule has 0 radical (unpaired) electrons. The van der Waals surface area contributed by atoms with Crippen LogP contribution in [-0.4, -0.2) is 6.61 Å². The van der Waals surface area contributed by atoms with Crippen molar-refractivity contribution >= 4 is 0 Å². The molecule has 24 heavy (non-hydrogen) atoms. The lowest BCUT2D eigenvalue weighted by Crippen LogP contribution is -2.09. The van der Waals surface area contributed by atoms with Crippen LogP contribution in [0.5, 0.6) is 5.75 Å². The molecule has 0 atom stereocenters. The number of fused-ring (bicyclic) bond motifs is 2. The highest BCUT2D eigenvalue weighted by Crippen LogP contribution is 2.26. The molecule has 0 aromatic heterocycles. The minimum absolute atomic E-state index is 0.317. The van der Waals surface area contributed by atoms with E-state index in [4.69, 9.17) is 9.78 Å². The van der Waals surface area contributed by atoms with Gasteiger partial charge in [0.15, 0.2) is 5.75 Å². The van der Waals surface area contributed by atoms with Gasteiger partial charge in [0, 0.05) is 20.7 Å². The topological polar surface area (TPSA) is 64.6 Å². The number of rotatable bonds is 8. The van der Waals surface area contributed by atoms with E-state index < -0.39 is 0 Å². The molecule has 0 saturated carbocycles. The first-order valence-corrected chi connectivity index (χ1v) is 8.65. The summed E-state index contributed by atoms with van der Waals surface area (Å²) in [5, 5.41) is 21.1. The minimum atomic E-state index is 0.317. The first kappa shape index (κ1) is 19.1. The predicted molar refractivity (Wildman–Crippen MR) is 83.8 cm³/mol. The van der Waals surface area contributed by atoms with Gasteiger partial charge in [-0.3, -0.25) is 0 Å². The summed E-state index contributed by atoms with van der Waals surface area (Å²) in [5.41, 5.74) is 2.20. The monoisotopic (exact) mass is 342 g/mol. The van der Waals surface area contributed by atoms with E-state index in [9.17, 15) is 0 Å². The van der Waals surface area contributed by atoms with E-state index in [1.807, 2.05) is 18.2 Å². The molecule has 0 fully saturated rings. The Hall–Kier alpha value is -1.22. The number of hydrogen-bond acceptors (Lipinski definition) is 7. The fourth-order valence-corrected chi connectivity index (χ4v) is 2.76. The van der Waals surface area contributed by atoms with Crippen LogP contribution >= 0.6 is 0 Å². The molecule has 0 unspecified atom stereocenters. The Kier molecular flexibility index (Phi) is 9.70. The molecule has 0 aliphatic carbocycles. The normalized spacial score (nSPS) is 16.0. The first-order valence-electron chi connectivity index (χ1n) is 8.65. The molecule has 136 valence electrons. The van der Waals surface area contributed by atoms with E-state index in [1.54, 1.807) is 0 Å². The standard InChI is InChI=1S/C17H26O7/c1-2-3-4-5-6-7-8-11-16-15-10-9-12-17(16)19-21-23-24-22-20-18-14-13-15/h9-10,12H,2-8,11,13-14H2,1H3. The highest BCUT2D eigenvalue weighted by Gasteiger charge is 2.12. The van der Waals surface area contributed by atoms with Crippen molar-refractivity contribution in [2.45, 2.75) is 64.7 Å². The van der Waals surface area contributed by atoms with Crippen molar-refractivity contribution < 1.29 is 35.0 Å². The highest BCUT2D eigenvalue weighted by molar-refractivity contribution is 5.40. The van der Waals surface area contributed by atoms with Gasteiger partial charge >= 0.3 is 0 Å². The summed E-state index contributed by atoms with van der Waals surface area (Å²) < 4.78 is 0. The third kappa shape index (κ3) is 7.12. The van der Waals surface area contributed by atoms with Crippen molar-refractivity contribution in [3.8, 4) is 5.75 Å². The summed E-state index contributed by atoms with van der Waals surface area (Å²) in [6.07, 6.45) is 10.4. The molecule has 0 N–H and O–H groups in total. The summed E-state index contributed by atoms with van der Waals surface area (Å²) in [4.78, 5) is 9.95. The van der Waals surface area contributed by atoms with Gasteiger partial charge < -0.3 is 4.89 Å². The van der Waals surface area contributed by atoms with Gasteiger partial charge in [-0.2, -0.15) is 0 Å². The van der Waals surface area contributed by atoms with Crippen LogP contribution in [0.1, 0.15) is 63.0 Å². The second kappa shape index (κ2) is 12.2.